The summed E-state index contributed by atoms with van der Waals surface area (Å²) in [5.74, 6) is 0. The Labute approximate surface area is 409 Å². The molecule has 0 aliphatic carbocycles. The molecule has 12 aromatic rings. The van der Waals surface area contributed by atoms with E-state index < -0.39 is 0 Å². The Morgan fingerprint density at radius 3 is 1.21 bits per heavy atom. The minimum Gasteiger partial charge on any atom is -0.310 e. The van der Waals surface area contributed by atoms with Gasteiger partial charge in [0.05, 0.1) is 16.7 Å². The highest BCUT2D eigenvalue weighted by Gasteiger charge is 2.23. The van der Waals surface area contributed by atoms with Crippen LogP contribution in [0, 0.1) is 0 Å². The van der Waals surface area contributed by atoms with Crippen LogP contribution in [0.25, 0.3) is 49.7 Å². The molecule has 0 saturated carbocycles. The van der Waals surface area contributed by atoms with E-state index >= 15 is 0 Å². The first kappa shape index (κ1) is 42.0. The molecule has 0 radical (unpaired) electrons. The molecule has 0 bridgehead atoms. The van der Waals surface area contributed by atoms with E-state index in [4.69, 9.17) is 0 Å². The largest absolute Gasteiger partial charge is 0.310 e. The van der Waals surface area contributed by atoms with Crippen molar-refractivity contribution in [2.75, 3.05) is 14.7 Å². The van der Waals surface area contributed by atoms with E-state index in [1.165, 1.54) is 27.4 Å². The number of aromatic nitrogens is 1. The molecule has 0 N–H and O–H groups in total. The van der Waals surface area contributed by atoms with Crippen molar-refractivity contribution in [1.82, 2.24) is 4.57 Å². The Balaban J connectivity index is 1.07. The summed E-state index contributed by atoms with van der Waals surface area (Å²) in [7, 11) is 0. The Kier molecular flexibility index (Phi) is 11.2. The summed E-state index contributed by atoms with van der Waals surface area (Å²) in [5.41, 5.74) is 17.6. The minimum absolute atomic E-state index is 1.02. The Hall–Kier alpha value is -9.38. The lowest BCUT2D eigenvalue weighted by Gasteiger charge is -2.31. The number of rotatable bonds is 12. The highest BCUT2D eigenvalue weighted by molar-refractivity contribution is 6.11. The van der Waals surface area contributed by atoms with Crippen LogP contribution in [0.4, 0.5) is 51.2 Å². The second-order valence-corrected chi connectivity index (χ2v) is 17.4. The van der Waals surface area contributed by atoms with Crippen LogP contribution in [0.3, 0.4) is 0 Å². The molecule has 0 aliphatic heterocycles. The lowest BCUT2D eigenvalue weighted by Crippen LogP contribution is -2.15. The standard InChI is InChI=1S/C66H48N4/c1-7-23-49(24-8-1)51-41-43-65(62(45-51)50-25-9-2-10-26-50)69(54-31-15-5-16-32-54)59-38-22-37-58(47-59)68(57-36-21-35-56(46-57)67(52-27-11-3-12-28-52)53-29-13-4-14-30-53)60-42-44-66-63(48-60)61-39-19-20-40-64(61)70(66)55-33-17-6-18-34-55/h1-48H. The van der Waals surface area contributed by atoms with Crippen molar-refractivity contribution in [3.8, 4) is 27.9 Å². The zero-order chi connectivity index (χ0) is 46.6. The molecule has 0 aliphatic rings. The predicted molar refractivity (Wildman–Crippen MR) is 296 cm³/mol. The average Bonchev–Trinajstić information content (AvgIpc) is 3.77. The molecular formula is C66H48N4. The van der Waals surface area contributed by atoms with E-state index in [0.717, 1.165) is 73.5 Å². The van der Waals surface area contributed by atoms with Crippen molar-refractivity contribution in [3.05, 3.63) is 291 Å². The van der Waals surface area contributed by atoms with Gasteiger partial charge in [0.2, 0.25) is 0 Å². The van der Waals surface area contributed by atoms with Crippen molar-refractivity contribution in [1.29, 1.82) is 0 Å². The van der Waals surface area contributed by atoms with E-state index in [1.807, 2.05) is 0 Å². The summed E-state index contributed by atoms with van der Waals surface area (Å²) in [5, 5.41) is 2.38. The molecule has 4 heteroatoms. The highest BCUT2D eigenvalue weighted by Crippen LogP contribution is 2.47. The van der Waals surface area contributed by atoms with E-state index in [-0.39, 0.29) is 0 Å². The van der Waals surface area contributed by atoms with Gasteiger partial charge < -0.3 is 19.3 Å². The zero-order valence-electron chi connectivity index (χ0n) is 38.5. The first-order valence-electron chi connectivity index (χ1n) is 23.8. The summed E-state index contributed by atoms with van der Waals surface area (Å²) in [6, 6.07) is 105. The number of hydrogen-bond donors (Lipinski definition) is 0. The summed E-state index contributed by atoms with van der Waals surface area (Å²) in [4.78, 5) is 7.14. The Morgan fingerprint density at radius 1 is 0.229 bits per heavy atom. The number of anilines is 9. The van der Waals surface area contributed by atoms with Gasteiger partial charge in [-0.15, -0.1) is 0 Å². The van der Waals surface area contributed by atoms with Crippen molar-refractivity contribution >= 4 is 73.0 Å². The second kappa shape index (κ2) is 18.7. The van der Waals surface area contributed by atoms with Gasteiger partial charge >= 0.3 is 0 Å². The topological polar surface area (TPSA) is 14.7 Å². The molecule has 0 fully saturated rings. The van der Waals surface area contributed by atoms with Gasteiger partial charge in [0.15, 0.2) is 0 Å². The van der Waals surface area contributed by atoms with Crippen molar-refractivity contribution in [2.45, 2.75) is 0 Å². The molecule has 11 aromatic carbocycles. The van der Waals surface area contributed by atoms with Crippen LogP contribution in [-0.4, -0.2) is 4.57 Å². The third kappa shape index (κ3) is 8.04. The van der Waals surface area contributed by atoms with Crippen molar-refractivity contribution < 1.29 is 0 Å². The summed E-state index contributed by atoms with van der Waals surface area (Å²) in [6.45, 7) is 0. The molecule has 0 amide bonds. The van der Waals surface area contributed by atoms with Crippen LogP contribution in [0.2, 0.25) is 0 Å². The molecule has 0 unspecified atom stereocenters. The molecule has 332 valence electrons. The van der Waals surface area contributed by atoms with Gasteiger partial charge in [-0.05, 0) is 138 Å². The highest BCUT2D eigenvalue weighted by atomic mass is 15.2. The summed E-state index contributed by atoms with van der Waals surface area (Å²) in [6.07, 6.45) is 0. The van der Waals surface area contributed by atoms with E-state index in [0.29, 0.717) is 0 Å². The first-order chi connectivity index (χ1) is 34.7. The van der Waals surface area contributed by atoms with Gasteiger partial charge in [-0.3, -0.25) is 0 Å². The quantitative estimate of drug-likeness (QED) is 0.121. The molecule has 4 nitrogen and oxygen atoms in total. The fourth-order valence-corrected chi connectivity index (χ4v) is 9.94. The molecule has 1 heterocycles. The number of para-hydroxylation sites is 5. The summed E-state index contributed by atoms with van der Waals surface area (Å²) < 4.78 is 2.38. The van der Waals surface area contributed by atoms with Gasteiger partial charge in [-0.2, -0.15) is 0 Å². The zero-order valence-corrected chi connectivity index (χ0v) is 38.5. The van der Waals surface area contributed by atoms with Crippen LogP contribution in [0.1, 0.15) is 0 Å². The molecule has 12 rings (SSSR count). The maximum atomic E-state index is 2.41. The molecule has 70 heavy (non-hydrogen) atoms. The number of nitrogens with zero attached hydrogens (tertiary/aromatic N) is 4. The van der Waals surface area contributed by atoms with Gasteiger partial charge in [-0.25, -0.2) is 0 Å². The third-order valence-electron chi connectivity index (χ3n) is 13.1. The number of fused-ring (bicyclic) bond motifs is 3. The van der Waals surface area contributed by atoms with Crippen molar-refractivity contribution in [2.24, 2.45) is 0 Å². The van der Waals surface area contributed by atoms with Crippen LogP contribution in [0.15, 0.2) is 291 Å². The van der Waals surface area contributed by atoms with E-state index in [9.17, 15) is 0 Å². The first-order valence-corrected chi connectivity index (χ1v) is 23.8. The normalized spacial score (nSPS) is 11.1. The fraction of sp³-hybridized carbons (Fsp3) is 0. The fourth-order valence-electron chi connectivity index (χ4n) is 9.94. The van der Waals surface area contributed by atoms with Gasteiger partial charge in [0.1, 0.15) is 0 Å². The van der Waals surface area contributed by atoms with Gasteiger partial charge in [0, 0.05) is 67.5 Å². The molecule has 0 spiro atoms. The maximum Gasteiger partial charge on any atom is 0.0542 e. The monoisotopic (exact) mass is 896 g/mol. The predicted octanol–water partition coefficient (Wildman–Crippen LogP) is 18.5. The van der Waals surface area contributed by atoms with E-state index in [2.05, 4.69) is 310 Å². The molecule has 0 saturated heterocycles. The van der Waals surface area contributed by atoms with Crippen LogP contribution in [-0.2, 0) is 0 Å². The van der Waals surface area contributed by atoms with Crippen LogP contribution in [0.5, 0.6) is 0 Å². The smallest absolute Gasteiger partial charge is 0.0542 e. The number of benzene rings is 11. The second-order valence-electron chi connectivity index (χ2n) is 17.4. The molecular weight excluding hydrogens is 849 g/mol. The van der Waals surface area contributed by atoms with Gasteiger partial charge in [-0.1, -0.05) is 170 Å². The van der Waals surface area contributed by atoms with Crippen LogP contribution < -0.4 is 14.7 Å². The van der Waals surface area contributed by atoms with E-state index in [1.54, 1.807) is 0 Å². The number of hydrogen-bond acceptors (Lipinski definition) is 3. The van der Waals surface area contributed by atoms with Crippen LogP contribution >= 0.6 is 0 Å². The average molecular weight is 897 g/mol. The minimum atomic E-state index is 1.02. The van der Waals surface area contributed by atoms with Crippen molar-refractivity contribution in [3.63, 3.8) is 0 Å². The van der Waals surface area contributed by atoms with Gasteiger partial charge in [0.25, 0.3) is 0 Å². The molecule has 0 atom stereocenters. The Morgan fingerprint density at radius 2 is 0.643 bits per heavy atom. The Bertz CT molecular complexity index is 3670. The summed E-state index contributed by atoms with van der Waals surface area (Å²) >= 11 is 0. The third-order valence-corrected chi connectivity index (χ3v) is 13.1. The molecule has 1 aromatic heterocycles. The SMILES string of the molecule is c1ccc(-c2ccc(N(c3ccccc3)c3cccc(N(c4cccc(N(c5ccccc5)c5ccccc5)c4)c4ccc5c(c4)c4ccccc4n5-c4ccccc4)c3)c(-c3ccccc3)c2)cc1. The lowest BCUT2D eigenvalue weighted by molar-refractivity contribution is 1.18. The lowest BCUT2D eigenvalue weighted by atomic mass is 9.96. The maximum absolute atomic E-state index is 2.41.